The molecule has 2 aromatic carbocycles. The molecule has 0 fully saturated rings. The van der Waals surface area contributed by atoms with Gasteiger partial charge in [0.15, 0.2) is 11.5 Å². The first-order valence-corrected chi connectivity index (χ1v) is 8.39. The zero-order chi connectivity index (χ0) is 18.2. The summed E-state index contributed by atoms with van der Waals surface area (Å²) in [5.41, 5.74) is 2.95. The van der Waals surface area contributed by atoms with Gasteiger partial charge in [-0.1, -0.05) is 12.1 Å². The largest absolute Gasteiger partial charge is 0.490 e. The monoisotopic (exact) mass is 340 g/mol. The number of carbonyl (C=O) groups excluding carboxylic acids is 1. The molecule has 0 aromatic heterocycles. The summed E-state index contributed by atoms with van der Waals surface area (Å²) in [6, 6.07) is 11.3. The van der Waals surface area contributed by atoms with Gasteiger partial charge in [0.25, 0.3) is 0 Å². The van der Waals surface area contributed by atoms with E-state index >= 15 is 0 Å². The number of hydrogen-bond donors (Lipinski definition) is 0. The molecular weight excluding hydrogens is 316 g/mol. The van der Waals surface area contributed by atoms with E-state index in [1.54, 1.807) is 6.08 Å². The highest BCUT2D eigenvalue weighted by atomic mass is 16.5. The molecule has 4 nitrogen and oxygen atoms in total. The van der Waals surface area contributed by atoms with Gasteiger partial charge in [0.1, 0.15) is 5.75 Å². The van der Waals surface area contributed by atoms with Crippen molar-refractivity contribution >= 4 is 12.0 Å². The number of aryl methyl sites for hydroxylation is 2. The molecule has 132 valence electrons. The molecule has 0 unspecified atom stereocenters. The average Bonchev–Trinajstić information content (AvgIpc) is 2.54. The maximum Gasteiger partial charge on any atom is 0.336 e. The fourth-order valence-corrected chi connectivity index (χ4v) is 2.48. The molecule has 4 heteroatoms. The quantitative estimate of drug-likeness (QED) is 0.416. The highest BCUT2D eigenvalue weighted by Gasteiger charge is 2.06. The summed E-state index contributed by atoms with van der Waals surface area (Å²) in [7, 11) is 0. The molecule has 0 spiro atoms. The second-order valence-electron chi connectivity index (χ2n) is 5.65. The van der Waals surface area contributed by atoms with Gasteiger partial charge in [-0.2, -0.15) is 0 Å². The minimum Gasteiger partial charge on any atom is -0.490 e. The third-order valence-electron chi connectivity index (χ3n) is 3.39. The van der Waals surface area contributed by atoms with E-state index in [-0.39, 0.29) is 0 Å². The molecule has 0 atom stereocenters. The number of carbonyl (C=O) groups is 1. The van der Waals surface area contributed by atoms with Gasteiger partial charge < -0.3 is 14.2 Å². The lowest BCUT2D eigenvalue weighted by Gasteiger charge is -2.11. The molecule has 0 heterocycles. The highest BCUT2D eigenvalue weighted by Crippen LogP contribution is 2.29. The van der Waals surface area contributed by atoms with Crippen molar-refractivity contribution in [2.24, 2.45) is 0 Å². The van der Waals surface area contributed by atoms with Gasteiger partial charge in [0.2, 0.25) is 0 Å². The van der Waals surface area contributed by atoms with Crippen molar-refractivity contribution in [2.75, 3.05) is 13.2 Å². The van der Waals surface area contributed by atoms with Crippen molar-refractivity contribution in [3.8, 4) is 17.2 Å². The Balaban J connectivity index is 2.09. The van der Waals surface area contributed by atoms with Crippen molar-refractivity contribution in [1.29, 1.82) is 0 Å². The van der Waals surface area contributed by atoms with Gasteiger partial charge in [-0.05, 0) is 74.7 Å². The smallest absolute Gasteiger partial charge is 0.336 e. The minimum atomic E-state index is -0.420. The van der Waals surface area contributed by atoms with Crippen LogP contribution in [0.25, 0.3) is 6.08 Å². The van der Waals surface area contributed by atoms with Crippen LogP contribution in [0.4, 0.5) is 0 Å². The standard InChI is InChI=1S/C21H24O4/c1-5-23-19-9-7-17(14-20(19)24-6-2)8-10-21(22)25-18-12-15(3)11-16(4)13-18/h7-14H,5-6H2,1-4H3/b10-8+. The number of benzene rings is 2. The van der Waals surface area contributed by atoms with Gasteiger partial charge in [-0.25, -0.2) is 4.79 Å². The Hall–Kier alpha value is -2.75. The summed E-state index contributed by atoms with van der Waals surface area (Å²) in [5, 5.41) is 0. The second-order valence-corrected chi connectivity index (χ2v) is 5.65. The third kappa shape index (κ3) is 5.68. The van der Waals surface area contributed by atoms with E-state index in [0.29, 0.717) is 30.5 Å². The van der Waals surface area contributed by atoms with E-state index in [9.17, 15) is 4.79 Å². The van der Waals surface area contributed by atoms with Gasteiger partial charge in [0, 0.05) is 6.08 Å². The van der Waals surface area contributed by atoms with Crippen molar-refractivity contribution < 1.29 is 19.0 Å². The summed E-state index contributed by atoms with van der Waals surface area (Å²) >= 11 is 0. The Morgan fingerprint density at radius 1 is 0.920 bits per heavy atom. The lowest BCUT2D eigenvalue weighted by Crippen LogP contribution is -2.04. The summed E-state index contributed by atoms with van der Waals surface area (Å²) in [4.78, 5) is 12.0. The molecule has 0 radical (unpaired) electrons. The van der Waals surface area contributed by atoms with Crippen molar-refractivity contribution in [2.45, 2.75) is 27.7 Å². The molecule has 0 aliphatic rings. The summed E-state index contributed by atoms with van der Waals surface area (Å²) in [5.74, 6) is 1.49. The first kappa shape index (κ1) is 18.6. The third-order valence-corrected chi connectivity index (χ3v) is 3.39. The van der Waals surface area contributed by atoms with E-state index < -0.39 is 5.97 Å². The maximum absolute atomic E-state index is 12.0. The molecule has 0 aliphatic carbocycles. The summed E-state index contributed by atoms with van der Waals surface area (Å²) < 4.78 is 16.5. The van der Waals surface area contributed by atoms with Crippen LogP contribution in [0.1, 0.15) is 30.5 Å². The Labute approximate surface area is 149 Å². The fourth-order valence-electron chi connectivity index (χ4n) is 2.48. The molecule has 25 heavy (non-hydrogen) atoms. The number of hydrogen-bond acceptors (Lipinski definition) is 4. The van der Waals surface area contributed by atoms with Crippen molar-refractivity contribution in [3.05, 3.63) is 59.2 Å². The van der Waals surface area contributed by atoms with Crippen LogP contribution < -0.4 is 14.2 Å². The Bertz CT molecular complexity index is 742. The van der Waals surface area contributed by atoms with Crippen LogP contribution in [0.2, 0.25) is 0 Å². The predicted octanol–water partition coefficient (Wildman–Crippen LogP) is 4.72. The van der Waals surface area contributed by atoms with Crippen LogP contribution in [0.15, 0.2) is 42.5 Å². The van der Waals surface area contributed by atoms with Crippen LogP contribution >= 0.6 is 0 Å². The molecular formula is C21H24O4. The van der Waals surface area contributed by atoms with E-state index in [0.717, 1.165) is 16.7 Å². The molecule has 2 rings (SSSR count). The lowest BCUT2D eigenvalue weighted by molar-refractivity contribution is -0.128. The van der Waals surface area contributed by atoms with Crippen LogP contribution in [0, 0.1) is 13.8 Å². The predicted molar refractivity (Wildman–Crippen MR) is 99.4 cm³/mol. The summed E-state index contributed by atoms with van der Waals surface area (Å²) in [6.45, 7) is 8.89. The number of esters is 1. The van der Waals surface area contributed by atoms with E-state index in [1.165, 1.54) is 6.08 Å². The van der Waals surface area contributed by atoms with E-state index in [1.807, 2.05) is 64.1 Å². The maximum atomic E-state index is 12.0. The van der Waals surface area contributed by atoms with Crippen molar-refractivity contribution in [1.82, 2.24) is 0 Å². The van der Waals surface area contributed by atoms with E-state index in [4.69, 9.17) is 14.2 Å². The molecule has 2 aromatic rings. The first-order valence-electron chi connectivity index (χ1n) is 8.39. The van der Waals surface area contributed by atoms with Crippen molar-refractivity contribution in [3.63, 3.8) is 0 Å². The van der Waals surface area contributed by atoms with Gasteiger partial charge in [-0.3, -0.25) is 0 Å². The normalized spacial score (nSPS) is 10.7. The topological polar surface area (TPSA) is 44.8 Å². The van der Waals surface area contributed by atoms with Gasteiger partial charge in [-0.15, -0.1) is 0 Å². The molecule has 0 amide bonds. The zero-order valence-electron chi connectivity index (χ0n) is 15.2. The fraction of sp³-hybridized carbons (Fsp3) is 0.286. The van der Waals surface area contributed by atoms with Gasteiger partial charge in [0.05, 0.1) is 13.2 Å². The van der Waals surface area contributed by atoms with Crippen LogP contribution in [0.5, 0.6) is 17.2 Å². The molecule has 0 N–H and O–H groups in total. The van der Waals surface area contributed by atoms with Crippen LogP contribution in [0.3, 0.4) is 0 Å². The Morgan fingerprint density at radius 2 is 1.56 bits per heavy atom. The lowest BCUT2D eigenvalue weighted by atomic mass is 10.1. The van der Waals surface area contributed by atoms with E-state index in [2.05, 4.69) is 0 Å². The van der Waals surface area contributed by atoms with Crippen LogP contribution in [-0.4, -0.2) is 19.2 Å². The van der Waals surface area contributed by atoms with Gasteiger partial charge >= 0.3 is 5.97 Å². The number of ether oxygens (including phenoxy) is 3. The molecule has 0 aliphatic heterocycles. The Kier molecular flexibility index (Phi) is 6.63. The first-order chi connectivity index (χ1) is 12.0. The average molecular weight is 340 g/mol. The molecule has 0 saturated heterocycles. The highest BCUT2D eigenvalue weighted by molar-refractivity contribution is 5.88. The second kappa shape index (κ2) is 8.92. The number of rotatable bonds is 7. The molecule has 0 saturated carbocycles. The summed E-state index contributed by atoms with van der Waals surface area (Å²) in [6.07, 6.45) is 3.10. The van der Waals surface area contributed by atoms with Crippen LogP contribution in [-0.2, 0) is 4.79 Å². The SMILES string of the molecule is CCOc1ccc(/C=C/C(=O)Oc2cc(C)cc(C)c2)cc1OCC. The minimum absolute atomic E-state index is 0.420. The Morgan fingerprint density at radius 3 is 2.20 bits per heavy atom. The zero-order valence-corrected chi connectivity index (χ0v) is 15.2. The molecule has 0 bridgehead atoms.